The second kappa shape index (κ2) is 8.13. The molecular formula is C19H27NOSi. The third-order valence-electron chi connectivity index (χ3n) is 4.61. The summed E-state index contributed by atoms with van der Waals surface area (Å²) in [7, 11) is -1.56. The number of hydrogen-bond acceptors (Lipinski definition) is 2. The highest BCUT2D eigenvalue weighted by molar-refractivity contribution is 6.96. The average molecular weight is 314 g/mol. The smallest absolute Gasteiger partial charge is 0.111 e. The van der Waals surface area contributed by atoms with Crippen LogP contribution in [0.1, 0.15) is 32.1 Å². The molecule has 1 aliphatic carbocycles. The third-order valence-corrected chi connectivity index (χ3v) is 8.16. The molecule has 1 unspecified atom stereocenters. The molecule has 3 heteroatoms. The minimum Gasteiger partial charge on any atom is -0.411 e. The van der Waals surface area contributed by atoms with Crippen LogP contribution in [0, 0.1) is 5.92 Å². The molecule has 2 rings (SSSR count). The van der Waals surface area contributed by atoms with Crippen LogP contribution in [-0.4, -0.2) is 19.5 Å². The van der Waals surface area contributed by atoms with Crippen molar-refractivity contribution < 1.29 is 5.21 Å². The van der Waals surface area contributed by atoms with Crippen molar-refractivity contribution in [3.8, 4) is 0 Å². The second-order valence-corrected chi connectivity index (χ2v) is 11.0. The third kappa shape index (κ3) is 4.44. The first-order chi connectivity index (χ1) is 10.6. The van der Waals surface area contributed by atoms with Crippen molar-refractivity contribution in [2.45, 2.75) is 45.2 Å². The number of nitrogens with zero attached hydrogens (tertiary/aromatic N) is 1. The van der Waals surface area contributed by atoms with Gasteiger partial charge in [0.1, 0.15) is 8.07 Å². The number of allylic oxidation sites excluding steroid dienone is 4. The number of rotatable bonds is 7. The van der Waals surface area contributed by atoms with Gasteiger partial charge in [-0.2, -0.15) is 0 Å². The van der Waals surface area contributed by atoms with Crippen LogP contribution in [-0.2, 0) is 0 Å². The van der Waals surface area contributed by atoms with E-state index >= 15 is 0 Å². The van der Waals surface area contributed by atoms with E-state index in [2.05, 4.69) is 66.8 Å². The second-order valence-electron chi connectivity index (χ2n) is 6.59. The Morgan fingerprint density at radius 2 is 2.00 bits per heavy atom. The van der Waals surface area contributed by atoms with Crippen molar-refractivity contribution in [1.29, 1.82) is 0 Å². The van der Waals surface area contributed by atoms with Gasteiger partial charge in [0.2, 0.25) is 0 Å². The lowest BCUT2D eigenvalue weighted by molar-refractivity contribution is 0.320. The van der Waals surface area contributed by atoms with Crippen LogP contribution >= 0.6 is 0 Å². The Balaban J connectivity index is 1.99. The Kier molecular flexibility index (Phi) is 6.19. The predicted octanol–water partition coefficient (Wildman–Crippen LogP) is 4.66. The highest BCUT2D eigenvalue weighted by Crippen LogP contribution is 2.27. The SMILES string of the molecule is C[Si](C)(C1=CC(CCCCC=NO)CC=C1)c1ccccc1. The maximum absolute atomic E-state index is 8.40. The van der Waals surface area contributed by atoms with Gasteiger partial charge in [0, 0.05) is 6.21 Å². The molecule has 1 N–H and O–H groups in total. The van der Waals surface area contributed by atoms with Gasteiger partial charge >= 0.3 is 0 Å². The van der Waals surface area contributed by atoms with Gasteiger partial charge in [-0.05, 0) is 31.6 Å². The van der Waals surface area contributed by atoms with Crippen LogP contribution in [0.4, 0.5) is 0 Å². The van der Waals surface area contributed by atoms with E-state index in [9.17, 15) is 0 Å². The summed E-state index contributed by atoms with van der Waals surface area (Å²) in [4.78, 5) is 0. The number of unbranched alkanes of at least 4 members (excludes halogenated alkanes) is 2. The fourth-order valence-corrected chi connectivity index (χ4v) is 5.63. The Morgan fingerprint density at radius 1 is 1.23 bits per heavy atom. The molecule has 1 atom stereocenters. The van der Waals surface area contributed by atoms with E-state index in [0.29, 0.717) is 5.92 Å². The predicted molar refractivity (Wildman–Crippen MR) is 97.6 cm³/mol. The fourth-order valence-electron chi connectivity index (χ4n) is 3.09. The van der Waals surface area contributed by atoms with Crippen molar-refractivity contribution in [3.05, 3.63) is 53.8 Å². The van der Waals surface area contributed by atoms with Crippen LogP contribution < -0.4 is 5.19 Å². The van der Waals surface area contributed by atoms with Crippen molar-refractivity contribution in [3.63, 3.8) is 0 Å². The van der Waals surface area contributed by atoms with Gasteiger partial charge in [0.25, 0.3) is 0 Å². The first-order valence-electron chi connectivity index (χ1n) is 8.25. The molecule has 0 heterocycles. The zero-order valence-electron chi connectivity index (χ0n) is 13.7. The molecule has 0 saturated carbocycles. The van der Waals surface area contributed by atoms with Crippen molar-refractivity contribution in [2.75, 3.05) is 0 Å². The van der Waals surface area contributed by atoms with E-state index in [1.54, 1.807) is 11.4 Å². The Labute approximate surface area is 135 Å². The molecule has 0 aliphatic heterocycles. The van der Waals surface area contributed by atoms with E-state index in [-0.39, 0.29) is 0 Å². The summed E-state index contributed by atoms with van der Waals surface area (Å²) in [6.45, 7) is 4.89. The minimum absolute atomic E-state index is 0.668. The van der Waals surface area contributed by atoms with E-state index in [1.165, 1.54) is 18.0 Å². The summed E-state index contributed by atoms with van der Waals surface area (Å²) in [6, 6.07) is 10.9. The molecule has 1 aromatic rings. The van der Waals surface area contributed by atoms with Crippen LogP contribution in [0.5, 0.6) is 0 Å². The summed E-state index contributed by atoms with van der Waals surface area (Å²) in [5.41, 5.74) is 0. The van der Waals surface area contributed by atoms with E-state index in [4.69, 9.17) is 5.21 Å². The molecule has 0 saturated heterocycles. The largest absolute Gasteiger partial charge is 0.411 e. The monoisotopic (exact) mass is 313 g/mol. The van der Waals surface area contributed by atoms with Gasteiger partial charge in [-0.3, -0.25) is 0 Å². The zero-order chi connectivity index (χ0) is 15.8. The molecule has 1 aromatic carbocycles. The molecule has 0 aromatic heterocycles. The standard InChI is InChI=1S/C19H27NOSi/c1-22(2,18-12-6-3-7-13-18)19-14-9-11-17(16-19)10-5-4-8-15-20-21/h3,6-7,9,12-17,21H,4-5,8,10-11H2,1-2H3. The lowest BCUT2D eigenvalue weighted by atomic mass is 9.94. The van der Waals surface area contributed by atoms with Gasteiger partial charge in [-0.15, -0.1) is 5.16 Å². The molecule has 118 valence electrons. The van der Waals surface area contributed by atoms with Gasteiger partial charge in [-0.25, -0.2) is 0 Å². The van der Waals surface area contributed by atoms with Crippen LogP contribution in [0.2, 0.25) is 13.1 Å². The van der Waals surface area contributed by atoms with Gasteiger partial charge in [0.05, 0.1) is 0 Å². The zero-order valence-corrected chi connectivity index (χ0v) is 14.7. The molecule has 0 fully saturated rings. The van der Waals surface area contributed by atoms with Crippen molar-refractivity contribution >= 4 is 19.5 Å². The quantitative estimate of drug-likeness (QED) is 0.256. The van der Waals surface area contributed by atoms with Crippen LogP contribution in [0.3, 0.4) is 0 Å². The topological polar surface area (TPSA) is 32.6 Å². The molecule has 22 heavy (non-hydrogen) atoms. The maximum Gasteiger partial charge on any atom is 0.111 e. The number of hydrogen-bond donors (Lipinski definition) is 1. The minimum atomic E-state index is -1.56. The molecule has 0 bridgehead atoms. The molecule has 1 aliphatic rings. The highest BCUT2D eigenvalue weighted by atomic mass is 28.3. The van der Waals surface area contributed by atoms with Gasteiger partial charge in [-0.1, -0.05) is 78.5 Å². The first-order valence-corrected chi connectivity index (χ1v) is 11.2. The highest BCUT2D eigenvalue weighted by Gasteiger charge is 2.28. The number of benzene rings is 1. The maximum atomic E-state index is 8.40. The normalized spacial score (nSPS) is 18.6. The lowest BCUT2D eigenvalue weighted by Gasteiger charge is -2.28. The Bertz CT molecular complexity index is 546. The Hall–Kier alpha value is -1.61. The lowest BCUT2D eigenvalue weighted by Crippen LogP contribution is -2.43. The van der Waals surface area contributed by atoms with E-state index in [0.717, 1.165) is 19.3 Å². The summed E-state index contributed by atoms with van der Waals surface area (Å²) in [6.07, 6.45) is 14.4. The van der Waals surface area contributed by atoms with Crippen molar-refractivity contribution in [2.24, 2.45) is 11.1 Å². The summed E-state index contributed by atoms with van der Waals surface area (Å²) < 4.78 is 0. The molecule has 2 nitrogen and oxygen atoms in total. The van der Waals surface area contributed by atoms with E-state index < -0.39 is 8.07 Å². The molecular weight excluding hydrogens is 286 g/mol. The molecule has 0 radical (unpaired) electrons. The average Bonchev–Trinajstić information content (AvgIpc) is 2.56. The van der Waals surface area contributed by atoms with E-state index in [1.807, 2.05) is 0 Å². The first kappa shape index (κ1) is 16.8. The van der Waals surface area contributed by atoms with Gasteiger partial charge < -0.3 is 5.21 Å². The van der Waals surface area contributed by atoms with Crippen LogP contribution in [0.15, 0.2) is 58.9 Å². The van der Waals surface area contributed by atoms with Gasteiger partial charge in [0.15, 0.2) is 0 Å². The fraction of sp³-hybridized carbons (Fsp3) is 0.421. The molecule has 0 amide bonds. The summed E-state index contributed by atoms with van der Waals surface area (Å²) in [5.74, 6) is 0.668. The summed E-state index contributed by atoms with van der Waals surface area (Å²) >= 11 is 0. The molecule has 0 spiro atoms. The van der Waals surface area contributed by atoms with Crippen molar-refractivity contribution in [1.82, 2.24) is 0 Å². The Morgan fingerprint density at radius 3 is 2.73 bits per heavy atom. The number of oxime groups is 1. The van der Waals surface area contributed by atoms with Crippen LogP contribution in [0.25, 0.3) is 0 Å². The summed E-state index contributed by atoms with van der Waals surface area (Å²) in [5, 5.41) is 14.5.